The first-order valence-corrected chi connectivity index (χ1v) is 14.6. The second-order valence-electron chi connectivity index (χ2n) is 11.3. The average molecular weight is 543 g/mol. The minimum absolute atomic E-state index is 0.0681. The number of methoxy groups -OCH3 is 2. The number of aliphatic hydroxyl groups is 1. The molecule has 3 aromatic carbocycles. The molecule has 1 aliphatic carbocycles. The third-order valence-electron chi connectivity index (χ3n) is 8.55. The summed E-state index contributed by atoms with van der Waals surface area (Å²) in [5.41, 5.74) is 6.50. The molecule has 1 aliphatic heterocycles. The van der Waals surface area contributed by atoms with Gasteiger partial charge >= 0.3 is 0 Å². The zero-order chi connectivity index (χ0) is 28.1. The lowest BCUT2D eigenvalue weighted by Gasteiger charge is -2.35. The number of aliphatic hydroxyl groups excluding tert-OH is 1. The van der Waals surface area contributed by atoms with Gasteiger partial charge in [-0.15, -0.1) is 0 Å². The second-order valence-corrected chi connectivity index (χ2v) is 11.3. The smallest absolute Gasteiger partial charge is 0.230 e. The Hall–Kier alpha value is -3.35. The predicted molar refractivity (Wildman–Crippen MR) is 161 cm³/mol. The number of rotatable bonds is 8. The highest BCUT2D eigenvalue weighted by Gasteiger charge is 2.30. The van der Waals surface area contributed by atoms with Gasteiger partial charge in [0, 0.05) is 37.5 Å². The van der Waals surface area contributed by atoms with Gasteiger partial charge in [-0.1, -0.05) is 36.4 Å². The number of benzene rings is 3. The highest BCUT2D eigenvalue weighted by molar-refractivity contribution is 5.95. The van der Waals surface area contributed by atoms with Gasteiger partial charge in [0.1, 0.15) is 5.75 Å². The van der Waals surface area contributed by atoms with Gasteiger partial charge in [0.25, 0.3) is 0 Å². The molecule has 0 radical (unpaired) electrons. The predicted octanol–water partition coefficient (Wildman–Crippen LogP) is 6.37. The number of carbonyl (C=O) groups is 1. The lowest BCUT2D eigenvalue weighted by Crippen LogP contribution is -2.40. The molecule has 1 heterocycles. The summed E-state index contributed by atoms with van der Waals surface area (Å²) in [5, 5.41) is 10.0. The molecule has 0 bridgehead atoms. The first kappa shape index (κ1) is 28.2. The van der Waals surface area contributed by atoms with Gasteiger partial charge in [-0.3, -0.25) is 4.79 Å². The molecule has 1 atom stereocenters. The maximum Gasteiger partial charge on any atom is 0.230 e. The van der Waals surface area contributed by atoms with Crippen molar-refractivity contribution >= 4 is 17.3 Å². The Morgan fingerprint density at radius 1 is 0.950 bits per heavy atom. The molecule has 2 aliphatic rings. The maximum absolute atomic E-state index is 14.0. The summed E-state index contributed by atoms with van der Waals surface area (Å²) in [6.07, 6.45) is 4.95. The average Bonchev–Trinajstić information content (AvgIpc) is 3.00. The Morgan fingerprint density at radius 3 is 2.40 bits per heavy atom. The molecule has 40 heavy (non-hydrogen) atoms. The van der Waals surface area contributed by atoms with E-state index < -0.39 is 0 Å². The molecule has 1 saturated carbocycles. The fourth-order valence-electron chi connectivity index (χ4n) is 6.11. The van der Waals surface area contributed by atoms with Crippen LogP contribution in [0, 0.1) is 12.8 Å². The quantitative estimate of drug-likeness (QED) is 0.358. The van der Waals surface area contributed by atoms with Crippen LogP contribution in [0.25, 0.3) is 11.1 Å². The van der Waals surface area contributed by atoms with Crippen LogP contribution in [0.4, 0.5) is 11.4 Å². The van der Waals surface area contributed by atoms with Gasteiger partial charge in [-0.05, 0) is 98.0 Å². The fraction of sp³-hybridized carbons (Fsp3) is 0.441. The molecular weight excluding hydrogens is 500 g/mol. The Kier molecular flexibility index (Phi) is 9.08. The largest absolute Gasteiger partial charge is 0.496 e. The van der Waals surface area contributed by atoms with Gasteiger partial charge in [-0.25, -0.2) is 0 Å². The molecule has 1 saturated heterocycles. The molecule has 5 rings (SSSR count). The normalized spacial score (nSPS) is 21.2. The summed E-state index contributed by atoms with van der Waals surface area (Å²) in [7, 11) is 3.48. The Labute approximate surface area is 238 Å². The van der Waals surface area contributed by atoms with Crippen molar-refractivity contribution in [3.63, 3.8) is 0 Å². The third-order valence-corrected chi connectivity index (χ3v) is 8.55. The number of aryl methyl sites for hydroxylation is 1. The number of amides is 1. The molecule has 1 amide bonds. The van der Waals surface area contributed by atoms with Crippen LogP contribution < -0.4 is 14.5 Å². The van der Waals surface area contributed by atoms with Crippen molar-refractivity contribution in [2.45, 2.75) is 64.2 Å². The van der Waals surface area contributed by atoms with Crippen molar-refractivity contribution in [2.24, 2.45) is 5.92 Å². The number of hydrogen-bond acceptors (Lipinski definition) is 5. The van der Waals surface area contributed by atoms with E-state index in [1.165, 1.54) is 0 Å². The molecule has 3 aromatic rings. The molecule has 212 valence electrons. The topological polar surface area (TPSA) is 62.2 Å². The van der Waals surface area contributed by atoms with E-state index in [-0.39, 0.29) is 24.0 Å². The second kappa shape index (κ2) is 12.9. The lowest BCUT2D eigenvalue weighted by molar-refractivity contribution is -0.124. The molecule has 6 nitrogen and oxygen atoms in total. The standard InChI is InChI=1S/C34H42N2O4/c1-24-20-28(15-18-33(24)40-3)26-11-9-25(10-12-26)22-36(34(38)27-13-16-31(37)17-14-27)30-7-4-6-29(21-30)35-19-5-8-32(23-35)39-2/h4,6-7,9-12,15,18,20-21,27,31-32,37H,5,8,13-14,16-17,19,22-23H2,1-3H3. The van der Waals surface area contributed by atoms with E-state index in [0.717, 1.165) is 78.2 Å². The van der Waals surface area contributed by atoms with Crippen molar-refractivity contribution in [1.29, 1.82) is 0 Å². The summed E-state index contributed by atoms with van der Waals surface area (Å²) in [5.74, 6) is 0.961. The van der Waals surface area contributed by atoms with Crippen LogP contribution in [0.2, 0.25) is 0 Å². The summed E-state index contributed by atoms with van der Waals surface area (Å²) in [6, 6.07) is 23.1. The molecular formula is C34H42N2O4. The maximum atomic E-state index is 14.0. The van der Waals surface area contributed by atoms with Crippen molar-refractivity contribution in [1.82, 2.24) is 0 Å². The summed E-state index contributed by atoms with van der Waals surface area (Å²) < 4.78 is 11.1. The van der Waals surface area contributed by atoms with Crippen LogP contribution in [0.15, 0.2) is 66.7 Å². The first-order chi connectivity index (χ1) is 19.4. The van der Waals surface area contributed by atoms with Gasteiger partial charge in [0.15, 0.2) is 0 Å². The summed E-state index contributed by atoms with van der Waals surface area (Å²) in [6.45, 7) is 4.41. The van der Waals surface area contributed by atoms with E-state index in [4.69, 9.17) is 9.47 Å². The van der Waals surface area contributed by atoms with Crippen LogP contribution in [-0.4, -0.2) is 50.5 Å². The van der Waals surface area contributed by atoms with Crippen LogP contribution >= 0.6 is 0 Å². The van der Waals surface area contributed by atoms with Crippen LogP contribution in [0.5, 0.6) is 5.75 Å². The van der Waals surface area contributed by atoms with E-state index in [1.807, 2.05) is 17.0 Å². The van der Waals surface area contributed by atoms with E-state index in [2.05, 4.69) is 66.4 Å². The van der Waals surface area contributed by atoms with E-state index in [9.17, 15) is 9.90 Å². The number of hydrogen-bond donors (Lipinski definition) is 1. The van der Waals surface area contributed by atoms with Crippen LogP contribution in [0.1, 0.15) is 49.7 Å². The fourth-order valence-corrected chi connectivity index (χ4v) is 6.11. The van der Waals surface area contributed by atoms with E-state index in [1.54, 1.807) is 14.2 Å². The van der Waals surface area contributed by atoms with Crippen molar-refractivity contribution < 1.29 is 19.4 Å². The molecule has 0 spiro atoms. The van der Waals surface area contributed by atoms with E-state index >= 15 is 0 Å². The number of anilines is 2. The Balaban J connectivity index is 1.40. The zero-order valence-corrected chi connectivity index (χ0v) is 24.0. The molecule has 6 heteroatoms. The summed E-state index contributed by atoms with van der Waals surface area (Å²) >= 11 is 0. The highest BCUT2D eigenvalue weighted by atomic mass is 16.5. The third kappa shape index (κ3) is 6.51. The number of carbonyl (C=O) groups excluding carboxylic acids is 1. The summed E-state index contributed by atoms with van der Waals surface area (Å²) in [4.78, 5) is 18.3. The van der Waals surface area contributed by atoms with Crippen molar-refractivity contribution in [3.8, 4) is 16.9 Å². The van der Waals surface area contributed by atoms with Crippen LogP contribution in [-0.2, 0) is 16.1 Å². The minimum Gasteiger partial charge on any atom is -0.496 e. The minimum atomic E-state index is -0.289. The van der Waals surface area contributed by atoms with Crippen molar-refractivity contribution in [3.05, 3.63) is 77.9 Å². The van der Waals surface area contributed by atoms with Gasteiger partial charge in [0.2, 0.25) is 5.91 Å². The van der Waals surface area contributed by atoms with Crippen molar-refractivity contribution in [2.75, 3.05) is 37.1 Å². The Morgan fingerprint density at radius 2 is 1.70 bits per heavy atom. The zero-order valence-electron chi connectivity index (χ0n) is 24.0. The molecule has 1 N–H and O–H groups in total. The highest BCUT2D eigenvalue weighted by Crippen LogP contribution is 2.32. The van der Waals surface area contributed by atoms with Crippen LogP contribution in [0.3, 0.4) is 0 Å². The first-order valence-electron chi connectivity index (χ1n) is 14.6. The monoisotopic (exact) mass is 542 g/mol. The number of piperidine rings is 1. The van der Waals surface area contributed by atoms with Gasteiger partial charge < -0.3 is 24.4 Å². The molecule has 2 fully saturated rings. The molecule has 1 unspecified atom stereocenters. The number of nitrogens with zero attached hydrogens (tertiary/aromatic N) is 2. The Bertz CT molecular complexity index is 1280. The SMILES string of the molecule is COc1ccc(-c2ccc(CN(C(=O)C3CCC(O)CC3)c3cccc(N4CCCC(OC)C4)c3)cc2)cc1C. The molecule has 0 aromatic heterocycles. The lowest BCUT2D eigenvalue weighted by atomic mass is 9.86. The van der Waals surface area contributed by atoms with Gasteiger partial charge in [0.05, 0.1) is 25.9 Å². The van der Waals surface area contributed by atoms with E-state index in [0.29, 0.717) is 19.4 Å². The van der Waals surface area contributed by atoms with Gasteiger partial charge in [-0.2, -0.15) is 0 Å². The number of ether oxygens (including phenoxy) is 2.